The van der Waals surface area contributed by atoms with Crippen molar-refractivity contribution in [2.45, 2.75) is 188 Å². The van der Waals surface area contributed by atoms with Crippen LogP contribution in [0.3, 0.4) is 0 Å². The number of hydrogen-bond donors (Lipinski definition) is 1. The van der Waals surface area contributed by atoms with Gasteiger partial charge >= 0.3 is 47.5 Å². The van der Waals surface area contributed by atoms with Crippen LogP contribution in [0.2, 0.25) is 0 Å². The molecule has 0 unspecified atom stereocenters. The summed E-state index contributed by atoms with van der Waals surface area (Å²) in [4.78, 5) is 54.3. The second-order valence-corrected chi connectivity index (χ2v) is 28.1. The molecule has 3 aliphatic carbocycles. The Morgan fingerprint density at radius 2 is 0.868 bits per heavy atom. The second kappa shape index (κ2) is 27.4. The Morgan fingerprint density at radius 1 is 0.538 bits per heavy atom. The van der Waals surface area contributed by atoms with Gasteiger partial charge < -0.3 is 30.1 Å². The molecule has 3 aliphatic rings. The van der Waals surface area contributed by atoms with Crippen molar-refractivity contribution in [2.24, 2.45) is 5.34 Å². The normalized spacial score (nSPS) is 16.4. The molecule has 91 heavy (non-hydrogen) atoms. The van der Waals surface area contributed by atoms with Crippen LogP contribution >= 0.6 is 0 Å². The smallest absolute Gasteiger partial charge is 0.465 e. The van der Waals surface area contributed by atoms with Crippen molar-refractivity contribution in [1.29, 1.82) is 0 Å². The monoisotopic (exact) mass is 1260 g/mol. The molecule has 0 fully saturated rings. The first-order chi connectivity index (χ1) is 41.8. The first-order valence-electron chi connectivity index (χ1n) is 30.0. The molecule has 0 atom stereocenters. The molecule has 0 saturated carbocycles. The summed E-state index contributed by atoms with van der Waals surface area (Å²) < 4.78 is 58.9. The van der Waals surface area contributed by atoms with E-state index in [1.807, 2.05) is 13.8 Å². The first-order valence-corrected chi connectivity index (χ1v) is 30.0. The van der Waals surface area contributed by atoms with Gasteiger partial charge in [0.2, 0.25) is 0 Å². The Labute approximate surface area is 555 Å². The maximum Gasteiger partial charge on any atom is 1.00 e. The van der Waals surface area contributed by atoms with E-state index in [1.165, 1.54) is 83.9 Å². The molecule has 482 valence electrons. The van der Waals surface area contributed by atoms with Gasteiger partial charge in [0.05, 0.1) is 48.6 Å². The van der Waals surface area contributed by atoms with E-state index in [1.54, 1.807) is 4.68 Å². The fourth-order valence-corrected chi connectivity index (χ4v) is 12.9. The largest absolute Gasteiger partial charge is 1.00 e. The molecule has 16 nitrogen and oxygen atoms in total. The van der Waals surface area contributed by atoms with Crippen LogP contribution in [-0.4, -0.2) is 59.2 Å². The molecule has 2 N–H and O–H groups in total. The zero-order valence-corrected chi connectivity index (χ0v) is 58.1. The number of nitro groups is 1. The predicted octanol–water partition coefficient (Wildman–Crippen LogP) is 13.7. The molecule has 1 heterocycles. The Balaban J connectivity index is 0.000000242. The van der Waals surface area contributed by atoms with Gasteiger partial charge in [-0.1, -0.05) is 119 Å². The number of nitrogens with zero attached hydrogens (tertiary/aromatic N) is 5. The molecular weight excluding hydrogens is 1180 g/mol. The third-order valence-electron chi connectivity index (χ3n) is 19.1. The molecule has 7 aromatic rings. The molecule has 6 aromatic carbocycles. The number of methoxy groups -OCH3 is 3. The number of anilines is 1. The number of halogens is 3. The maximum absolute atomic E-state index is 14.6. The van der Waals surface area contributed by atoms with Crippen LogP contribution in [0.25, 0.3) is 16.7 Å². The van der Waals surface area contributed by atoms with Crippen LogP contribution in [0, 0.1) is 58.5 Å². The predicted molar refractivity (Wildman–Crippen MR) is 347 cm³/mol. The molecule has 20 heteroatoms. The summed E-state index contributed by atoms with van der Waals surface area (Å²) in [7, 11) is 3.56. The van der Waals surface area contributed by atoms with Crippen molar-refractivity contribution in [3.63, 3.8) is 0 Å². The van der Waals surface area contributed by atoms with E-state index >= 15 is 0 Å². The van der Waals surface area contributed by atoms with E-state index < -0.39 is 45.8 Å². The SMILES string of the molecule is COC(=O)c1cc(N)c(Cc2cc3c(cc2C)C(C)(C)CCC3(C)C)cc1F.COC(=O)c1cc([N+](=O)[O-])c(Cc2cc3c(cc2C)C(C)(C)CCC3(C)C)cc1F.COC(=O)c1cc2nnn(-c3cc4c(cc3C)C(C)(C)CCC4(C)C)c2cc1F.O=N[O-].[HH].[Na+]. The summed E-state index contributed by atoms with van der Waals surface area (Å²) in [5.74, 6) is -4.45. The number of ether oxygens (including phenoxy) is 3. The van der Waals surface area contributed by atoms with Crippen LogP contribution in [0.4, 0.5) is 24.5 Å². The van der Waals surface area contributed by atoms with Crippen molar-refractivity contribution in [3.8, 4) is 5.69 Å². The van der Waals surface area contributed by atoms with Gasteiger partial charge in [0.25, 0.3) is 5.69 Å². The molecule has 0 spiro atoms. The van der Waals surface area contributed by atoms with Gasteiger partial charge in [-0.3, -0.25) is 10.1 Å². The number of fused-ring (bicyclic) bond motifs is 4. The third-order valence-corrected chi connectivity index (χ3v) is 19.1. The van der Waals surface area contributed by atoms with E-state index in [0.29, 0.717) is 28.7 Å². The van der Waals surface area contributed by atoms with Gasteiger partial charge in [-0.2, -0.15) is 0 Å². The van der Waals surface area contributed by atoms with Gasteiger partial charge in [-0.05, 0) is 195 Å². The summed E-state index contributed by atoms with van der Waals surface area (Å²) in [5.41, 5.74) is 22.1. The quantitative estimate of drug-likeness (QED) is 0.0270. The van der Waals surface area contributed by atoms with E-state index in [-0.39, 0.29) is 92.3 Å². The Kier molecular flexibility index (Phi) is 21.8. The average Bonchev–Trinajstić information content (AvgIpc) is 0.854. The van der Waals surface area contributed by atoms with Crippen LogP contribution in [-0.2, 0) is 59.5 Å². The number of aryl methyl sites for hydroxylation is 3. The fourth-order valence-electron chi connectivity index (χ4n) is 12.9. The van der Waals surface area contributed by atoms with Crippen LogP contribution in [0.15, 0.2) is 78.1 Å². The number of esters is 3. The minimum atomic E-state index is -0.934. The number of carbonyl (C=O) groups is 3. The third kappa shape index (κ3) is 15.1. The van der Waals surface area contributed by atoms with Crippen LogP contribution in [0.5, 0.6) is 0 Å². The topological polar surface area (TPSA) is 231 Å². The van der Waals surface area contributed by atoms with Crippen molar-refractivity contribution in [1.82, 2.24) is 15.0 Å². The molecule has 0 bridgehead atoms. The molecule has 0 amide bonds. The van der Waals surface area contributed by atoms with Crippen molar-refractivity contribution >= 4 is 40.3 Å². The molecule has 0 saturated heterocycles. The minimum Gasteiger partial charge on any atom is -0.465 e. The number of hydrogen-bond acceptors (Lipinski definition) is 14. The van der Waals surface area contributed by atoms with Gasteiger partial charge in [0.1, 0.15) is 28.5 Å². The number of nitro benzene ring substituents is 1. The average molecular weight is 1260 g/mol. The fraction of sp³-hybridized carbons (Fsp3) is 0.451. The standard InChI is InChI=1S/C24H28FNO4.C24H30FNO2.C23H26FN3O2.HNO2.Na.H2/c1-14-9-18-19(24(4,5)8-7-23(18,2)3)11-15(14)10-16-12-20(25)17(22(27)30-6)13-21(16)26(28)29;1-14-9-18-19(24(4,5)8-7-23(18,2)3)11-15(14)10-16-12-20(25)17(13-21(16)26)22(27)28-6;1-13-9-15-16(23(4,5)8-7-22(15,2)3)11-19(13)27-20-12-17(24)14(21(28)29-6)10-18(20)25-26-27;2-1-3;;/h9,11-13H,7-8,10H2,1-6H3;9,11-13H,7-8,10,26H2,1-6H3;9-12H,7-8H2,1-6H3;(H,2,3);;1H/q;;;;+1;/p-1. The van der Waals surface area contributed by atoms with Crippen molar-refractivity contribution in [3.05, 3.63) is 199 Å². The molecule has 0 radical (unpaired) electrons. The van der Waals surface area contributed by atoms with E-state index in [9.17, 15) is 37.7 Å². The molecule has 10 rings (SSSR count). The number of carbonyl (C=O) groups excluding carboxylic acids is 3. The van der Waals surface area contributed by atoms with Gasteiger partial charge in [-0.25, -0.2) is 32.2 Å². The maximum atomic E-state index is 14.6. The summed E-state index contributed by atoms with van der Waals surface area (Å²) in [5, 5.41) is 29.1. The summed E-state index contributed by atoms with van der Waals surface area (Å²) in [6.45, 7) is 33.3. The number of benzene rings is 6. The van der Waals surface area contributed by atoms with Gasteiger partial charge in [0, 0.05) is 31.2 Å². The first kappa shape index (κ1) is 72.6. The minimum absolute atomic E-state index is 0. The van der Waals surface area contributed by atoms with E-state index in [2.05, 4.69) is 151 Å². The zero-order valence-electron chi connectivity index (χ0n) is 56.1. The Morgan fingerprint density at radius 3 is 1.26 bits per heavy atom. The second-order valence-electron chi connectivity index (χ2n) is 28.1. The van der Waals surface area contributed by atoms with Crippen molar-refractivity contribution in [2.75, 3.05) is 27.1 Å². The van der Waals surface area contributed by atoms with Crippen molar-refractivity contribution < 1.29 is 77.7 Å². The summed E-state index contributed by atoms with van der Waals surface area (Å²) in [6, 6.07) is 20.7. The summed E-state index contributed by atoms with van der Waals surface area (Å²) >= 11 is 0. The molecular formula is C71H86F3N6NaO10. The molecule has 1 aromatic heterocycles. The van der Waals surface area contributed by atoms with Gasteiger partial charge in [0.15, 0.2) is 0 Å². The van der Waals surface area contributed by atoms with Crippen LogP contribution in [0.1, 0.15) is 226 Å². The number of aromatic nitrogens is 3. The Hall–Kier alpha value is -7.48. The Bertz CT molecular complexity index is 4010. The number of rotatable bonds is 9. The van der Waals surface area contributed by atoms with E-state index in [0.717, 1.165) is 84.6 Å². The zero-order chi connectivity index (χ0) is 67.1. The number of nitrogen functional groups attached to an aromatic ring is 1. The summed E-state index contributed by atoms with van der Waals surface area (Å²) in [6.07, 6.45) is 7.43. The van der Waals surface area contributed by atoms with Crippen LogP contribution < -0.4 is 35.3 Å². The number of nitrogens with two attached hydrogens (primary N) is 1. The van der Waals surface area contributed by atoms with E-state index in [4.69, 9.17) is 15.8 Å². The van der Waals surface area contributed by atoms with Gasteiger partial charge in [-0.15, -0.1) is 10.4 Å². The molecule has 0 aliphatic heterocycles.